The fraction of sp³-hybridized carbons (Fsp3) is 0.280. The Morgan fingerprint density at radius 2 is 1.81 bits per heavy atom. The van der Waals surface area contributed by atoms with Gasteiger partial charge in [0.25, 0.3) is 11.1 Å². The van der Waals surface area contributed by atoms with Crippen LogP contribution in [0.5, 0.6) is 0 Å². The molecule has 0 unspecified atom stereocenters. The van der Waals surface area contributed by atoms with Crippen LogP contribution >= 0.6 is 23.4 Å². The molecular formula is C25H25ClN2O2S. The van der Waals surface area contributed by atoms with Crippen LogP contribution < -0.4 is 4.90 Å². The van der Waals surface area contributed by atoms with Gasteiger partial charge in [0.2, 0.25) is 0 Å². The van der Waals surface area contributed by atoms with E-state index in [9.17, 15) is 9.59 Å². The first-order chi connectivity index (χ1) is 14.7. The molecule has 2 aliphatic rings. The summed E-state index contributed by atoms with van der Waals surface area (Å²) in [6.07, 6.45) is 4.10. The number of halogens is 1. The van der Waals surface area contributed by atoms with Crippen molar-refractivity contribution in [3.05, 3.63) is 75.2 Å². The van der Waals surface area contributed by atoms with Crippen molar-refractivity contribution in [1.82, 2.24) is 4.90 Å². The van der Waals surface area contributed by atoms with E-state index < -0.39 is 0 Å². The van der Waals surface area contributed by atoms with Gasteiger partial charge in [-0.2, -0.15) is 0 Å². The minimum atomic E-state index is -0.258. The average Bonchev–Trinajstić information content (AvgIpc) is 2.97. The topological polar surface area (TPSA) is 40.6 Å². The number of benzene rings is 2. The summed E-state index contributed by atoms with van der Waals surface area (Å²) in [5.41, 5.74) is 5.31. The van der Waals surface area contributed by atoms with E-state index in [1.807, 2.05) is 24.3 Å². The number of imide groups is 1. The number of hydrogen-bond donors (Lipinski definition) is 0. The monoisotopic (exact) mass is 452 g/mol. The number of likely N-dealkylation sites (N-methyl/N-ethyl adjacent to an activating group) is 1. The van der Waals surface area contributed by atoms with Gasteiger partial charge in [-0.3, -0.25) is 14.5 Å². The maximum atomic E-state index is 12.9. The lowest BCUT2D eigenvalue weighted by Gasteiger charge is -2.42. The lowest BCUT2D eigenvalue weighted by atomic mass is 9.88. The van der Waals surface area contributed by atoms with Gasteiger partial charge in [0.05, 0.1) is 17.0 Å². The molecule has 0 saturated carbocycles. The highest BCUT2D eigenvalue weighted by Crippen LogP contribution is 2.40. The Labute approximate surface area is 192 Å². The molecule has 2 aromatic carbocycles. The molecular weight excluding hydrogens is 428 g/mol. The standard InChI is InChI=1S/C25H25ClN2O2S/c1-5-28-21-11-8-18(12-20(21)16(2)14-25(28,3)4)13-22-23(29)27(24(30)31-22)15-17-6-9-19(26)10-7-17/h6-14H,5,15H2,1-4H3/b22-13+. The van der Waals surface area contributed by atoms with E-state index in [0.29, 0.717) is 9.93 Å². The molecule has 2 amide bonds. The summed E-state index contributed by atoms with van der Waals surface area (Å²) in [6.45, 7) is 9.86. The van der Waals surface area contributed by atoms with E-state index >= 15 is 0 Å². The molecule has 31 heavy (non-hydrogen) atoms. The van der Waals surface area contributed by atoms with Crippen LogP contribution in [0.25, 0.3) is 11.6 Å². The van der Waals surface area contributed by atoms with Gasteiger partial charge < -0.3 is 4.90 Å². The van der Waals surface area contributed by atoms with Crippen molar-refractivity contribution in [3.8, 4) is 0 Å². The second-order valence-electron chi connectivity index (χ2n) is 8.40. The summed E-state index contributed by atoms with van der Waals surface area (Å²) in [5.74, 6) is -0.258. The van der Waals surface area contributed by atoms with E-state index in [1.165, 1.54) is 16.2 Å². The first-order valence-corrected chi connectivity index (χ1v) is 11.5. The molecule has 0 bridgehead atoms. The molecule has 0 spiro atoms. The second-order valence-corrected chi connectivity index (χ2v) is 9.83. The zero-order valence-corrected chi connectivity index (χ0v) is 19.7. The van der Waals surface area contributed by atoms with Gasteiger partial charge in [-0.1, -0.05) is 35.9 Å². The van der Waals surface area contributed by atoms with Crippen LogP contribution in [0.15, 0.2) is 53.4 Å². The maximum Gasteiger partial charge on any atom is 0.293 e. The number of carbonyl (C=O) groups is 2. The molecule has 0 aliphatic carbocycles. The summed E-state index contributed by atoms with van der Waals surface area (Å²) in [4.78, 5) is 29.5. The Bertz CT molecular complexity index is 1120. The van der Waals surface area contributed by atoms with Gasteiger partial charge in [-0.15, -0.1) is 0 Å². The lowest BCUT2D eigenvalue weighted by Crippen LogP contribution is -2.44. The van der Waals surface area contributed by atoms with E-state index in [-0.39, 0.29) is 23.2 Å². The molecule has 0 aromatic heterocycles. The van der Waals surface area contributed by atoms with Crippen LogP contribution in [0.3, 0.4) is 0 Å². The number of amides is 2. The van der Waals surface area contributed by atoms with Gasteiger partial charge in [0.1, 0.15) is 0 Å². The number of anilines is 1. The molecule has 2 aromatic rings. The van der Waals surface area contributed by atoms with Gasteiger partial charge in [0, 0.05) is 22.8 Å². The Balaban J connectivity index is 1.61. The number of carbonyl (C=O) groups excluding carboxylic acids is 2. The zero-order valence-electron chi connectivity index (χ0n) is 18.1. The fourth-order valence-electron chi connectivity index (χ4n) is 4.33. The largest absolute Gasteiger partial charge is 0.363 e. The summed E-state index contributed by atoms with van der Waals surface area (Å²) in [7, 11) is 0. The Hall–Kier alpha value is -2.50. The van der Waals surface area contributed by atoms with Crippen molar-refractivity contribution in [2.45, 2.75) is 39.8 Å². The van der Waals surface area contributed by atoms with Crippen LogP contribution in [0.4, 0.5) is 10.5 Å². The first kappa shape index (κ1) is 21.7. The normalized spacial score (nSPS) is 19.1. The molecule has 4 nitrogen and oxygen atoms in total. The number of rotatable bonds is 4. The minimum Gasteiger partial charge on any atom is -0.363 e. The Kier molecular flexibility index (Phi) is 5.75. The molecule has 1 fully saturated rings. The van der Waals surface area contributed by atoms with Crippen molar-refractivity contribution in [1.29, 1.82) is 0 Å². The van der Waals surface area contributed by atoms with Crippen molar-refractivity contribution < 1.29 is 9.59 Å². The number of thioether (sulfide) groups is 1. The SMILES string of the molecule is CCN1c2ccc(/C=C3/SC(=O)N(Cc4ccc(Cl)cc4)C3=O)cc2C(C)=CC1(C)C. The van der Waals surface area contributed by atoms with Crippen molar-refractivity contribution >= 4 is 51.8 Å². The van der Waals surface area contributed by atoms with Crippen LogP contribution in [0, 0.1) is 0 Å². The van der Waals surface area contributed by atoms with Crippen LogP contribution in [0.2, 0.25) is 5.02 Å². The van der Waals surface area contributed by atoms with Crippen molar-refractivity contribution in [2.75, 3.05) is 11.4 Å². The number of fused-ring (bicyclic) bond motifs is 1. The van der Waals surface area contributed by atoms with Crippen molar-refractivity contribution in [3.63, 3.8) is 0 Å². The van der Waals surface area contributed by atoms with Crippen molar-refractivity contribution in [2.24, 2.45) is 0 Å². The van der Waals surface area contributed by atoms with E-state index in [1.54, 1.807) is 12.1 Å². The van der Waals surface area contributed by atoms with Gasteiger partial charge in [-0.05, 0) is 86.5 Å². The molecule has 6 heteroatoms. The molecule has 4 rings (SSSR count). The smallest absolute Gasteiger partial charge is 0.293 e. The average molecular weight is 453 g/mol. The molecule has 1 saturated heterocycles. The fourth-order valence-corrected chi connectivity index (χ4v) is 5.29. The molecule has 2 heterocycles. The third kappa shape index (κ3) is 4.17. The third-order valence-corrected chi connectivity index (χ3v) is 6.90. The number of hydrogen-bond acceptors (Lipinski definition) is 4. The zero-order chi connectivity index (χ0) is 22.3. The quantitative estimate of drug-likeness (QED) is 0.490. The van der Waals surface area contributed by atoms with E-state index in [4.69, 9.17) is 11.6 Å². The first-order valence-electron chi connectivity index (χ1n) is 10.3. The molecule has 2 aliphatic heterocycles. The molecule has 0 N–H and O–H groups in total. The van der Waals surface area contributed by atoms with Gasteiger partial charge in [-0.25, -0.2) is 0 Å². The second kappa shape index (κ2) is 8.21. The lowest BCUT2D eigenvalue weighted by molar-refractivity contribution is -0.123. The highest BCUT2D eigenvalue weighted by atomic mass is 35.5. The molecule has 160 valence electrons. The van der Waals surface area contributed by atoms with Gasteiger partial charge in [0.15, 0.2) is 0 Å². The van der Waals surface area contributed by atoms with Crippen LogP contribution in [-0.2, 0) is 11.3 Å². The summed E-state index contributed by atoms with van der Waals surface area (Å²) in [6, 6.07) is 13.4. The summed E-state index contributed by atoms with van der Waals surface area (Å²) in [5, 5.41) is 0.374. The number of nitrogens with zero attached hydrogens (tertiary/aromatic N) is 2. The van der Waals surface area contributed by atoms with E-state index in [2.05, 4.69) is 50.8 Å². The third-order valence-electron chi connectivity index (χ3n) is 5.74. The van der Waals surface area contributed by atoms with Crippen LogP contribution in [-0.4, -0.2) is 28.1 Å². The highest BCUT2D eigenvalue weighted by Gasteiger charge is 2.35. The summed E-state index contributed by atoms with van der Waals surface area (Å²) < 4.78 is 0. The maximum absolute atomic E-state index is 12.9. The van der Waals surface area contributed by atoms with E-state index in [0.717, 1.165) is 35.0 Å². The Morgan fingerprint density at radius 3 is 2.48 bits per heavy atom. The highest BCUT2D eigenvalue weighted by molar-refractivity contribution is 8.18. The predicted octanol–water partition coefficient (Wildman–Crippen LogP) is 6.60. The minimum absolute atomic E-state index is 0.0440. The van der Waals surface area contributed by atoms with Gasteiger partial charge >= 0.3 is 0 Å². The predicted molar refractivity (Wildman–Crippen MR) is 130 cm³/mol. The summed E-state index contributed by atoms with van der Waals surface area (Å²) >= 11 is 6.92. The molecule has 0 atom stereocenters. The van der Waals surface area contributed by atoms with Crippen LogP contribution in [0.1, 0.15) is 44.4 Å². The molecule has 0 radical (unpaired) electrons. The Morgan fingerprint density at radius 1 is 1.10 bits per heavy atom. The number of allylic oxidation sites excluding steroid dienone is 1.